The Morgan fingerprint density at radius 3 is 3.00 bits per heavy atom. The molecular weight excluding hydrogens is 420 g/mol. The van der Waals surface area contributed by atoms with E-state index in [1.165, 1.54) is 17.7 Å². The molecule has 1 aliphatic carbocycles. The second-order valence-electron chi connectivity index (χ2n) is 9.15. The summed E-state index contributed by atoms with van der Waals surface area (Å²) < 4.78 is 2.13. The SMILES string of the molecule is CCCN(Cc1nc2cccc(N3CCN[C@@H](C)C3)n2c1Cl)[C@H]1CCCc2cccnc21. The third-order valence-electron chi connectivity index (χ3n) is 6.80. The molecule has 32 heavy (non-hydrogen) atoms. The van der Waals surface area contributed by atoms with Gasteiger partial charge in [-0.15, -0.1) is 0 Å². The zero-order valence-corrected chi connectivity index (χ0v) is 19.9. The van der Waals surface area contributed by atoms with Gasteiger partial charge in [0.2, 0.25) is 0 Å². The molecular formula is C25H33ClN6. The summed E-state index contributed by atoms with van der Waals surface area (Å²) in [6.07, 6.45) is 6.49. The molecule has 0 amide bonds. The van der Waals surface area contributed by atoms with E-state index in [1.54, 1.807) is 0 Å². The summed E-state index contributed by atoms with van der Waals surface area (Å²) in [5.74, 6) is 1.13. The molecule has 0 spiro atoms. The summed E-state index contributed by atoms with van der Waals surface area (Å²) in [6, 6.07) is 11.4. The van der Waals surface area contributed by atoms with Gasteiger partial charge in [0.25, 0.3) is 0 Å². The van der Waals surface area contributed by atoms with Crippen molar-refractivity contribution >= 4 is 23.1 Å². The van der Waals surface area contributed by atoms with Crippen molar-refractivity contribution in [3.05, 3.63) is 58.6 Å². The molecule has 0 saturated carbocycles. The van der Waals surface area contributed by atoms with Crippen molar-refractivity contribution in [2.75, 3.05) is 31.1 Å². The zero-order valence-electron chi connectivity index (χ0n) is 19.1. The Morgan fingerprint density at radius 1 is 1.25 bits per heavy atom. The number of rotatable bonds is 6. The van der Waals surface area contributed by atoms with Gasteiger partial charge in [-0.25, -0.2) is 4.98 Å². The van der Waals surface area contributed by atoms with E-state index in [4.69, 9.17) is 21.6 Å². The Kier molecular flexibility index (Phi) is 6.35. The van der Waals surface area contributed by atoms with Crippen LogP contribution < -0.4 is 10.2 Å². The molecule has 1 N–H and O–H groups in total. The first kappa shape index (κ1) is 21.7. The Bertz CT molecular complexity index is 1080. The highest BCUT2D eigenvalue weighted by Crippen LogP contribution is 2.35. The highest BCUT2D eigenvalue weighted by Gasteiger charge is 2.29. The monoisotopic (exact) mass is 452 g/mol. The predicted octanol–water partition coefficient (Wildman–Crippen LogP) is 4.47. The van der Waals surface area contributed by atoms with E-state index in [0.29, 0.717) is 12.1 Å². The van der Waals surface area contributed by atoms with Gasteiger partial charge in [0.1, 0.15) is 16.6 Å². The fraction of sp³-hybridized carbons (Fsp3) is 0.520. The number of piperazine rings is 1. The molecule has 170 valence electrons. The van der Waals surface area contributed by atoms with Crippen LogP contribution in [0.2, 0.25) is 5.15 Å². The number of hydrogen-bond acceptors (Lipinski definition) is 5. The lowest BCUT2D eigenvalue weighted by Crippen LogP contribution is -2.49. The Labute approximate surface area is 195 Å². The minimum atomic E-state index is 0.328. The van der Waals surface area contributed by atoms with Gasteiger partial charge in [0, 0.05) is 38.4 Å². The van der Waals surface area contributed by atoms with Gasteiger partial charge in [0.15, 0.2) is 0 Å². The summed E-state index contributed by atoms with van der Waals surface area (Å²) in [6.45, 7) is 9.14. The van der Waals surface area contributed by atoms with Crippen molar-refractivity contribution in [2.45, 2.75) is 58.2 Å². The first-order valence-electron chi connectivity index (χ1n) is 12.0. The van der Waals surface area contributed by atoms with Crippen LogP contribution in [0.25, 0.3) is 5.65 Å². The van der Waals surface area contributed by atoms with Crippen molar-refractivity contribution in [1.82, 2.24) is 24.6 Å². The second-order valence-corrected chi connectivity index (χ2v) is 9.51. The number of imidazole rings is 1. The molecule has 3 aromatic heterocycles. The third-order valence-corrected chi connectivity index (χ3v) is 7.18. The van der Waals surface area contributed by atoms with E-state index in [0.717, 1.165) is 74.3 Å². The Hall–Kier alpha value is -2.15. The lowest BCUT2D eigenvalue weighted by Gasteiger charge is -2.34. The number of pyridine rings is 2. The van der Waals surface area contributed by atoms with Crippen LogP contribution in [-0.2, 0) is 13.0 Å². The van der Waals surface area contributed by atoms with Crippen molar-refractivity contribution in [2.24, 2.45) is 0 Å². The summed E-state index contributed by atoms with van der Waals surface area (Å²) in [4.78, 5) is 14.7. The van der Waals surface area contributed by atoms with E-state index in [9.17, 15) is 0 Å². The van der Waals surface area contributed by atoms with Crippen LogP contribution in [0.3, 0.4) is 0 Å². The van der Waals surface area contributed by atoms with Crippen LogP contribution in [0.5, 0.6) is 0 Å². The number of hydrogen-bond donors (Lipinski definition) is 1. The van der Waals surface area contributed by atoms with E-state index in [2.05, 4.69) is 63.7 Å². The molecule has 0 unspecified atom stereocenters. The average molecular weight is 453 g/mol. The molecule has 1 fully saturated rings. The first-order chi connectivity index (χ1) is 15.7. The van der Waals surface area contributed by atoms with Crippen LogP contribution in [0.15, 0.2) is 36.5 Å². The van der Waals surface area contributed by atoms with E-state index in [1.807, 2.05) is 6.20 Å². The second kappa shape index (κ2) is 9.38. The molecule has 0 aromatic carbocycles. The van der Waals surface area contributed by atoms with Crippen molar-refractivity contribution in [1.29, 1.82) is 0 Å². The molecule has 2 atom stereocenters. The van der Waals surface area contributed by atoms with Gasteiger partial charge in [-0.1, -0.05) is 30.7 Å². The van der Waals surface area contributed by atoms with Gasteiger partial charge in [-0.3, -0.25) is 14.3 Å². The molecule has 2 aliphatic rings. The maximum absolute atomic E-state index is 7.02. The average Bonchev–Trinajstić information content (AvgIpc) is 3.14. The molecule has 0 bridgehead atoms. The number of fused-ring (bicyclic) bond motifs is 2. The molecule has 6 nitrogen and oxygen atoms in total. The molecule has 1 aliphatic heterocycles. The fourth-order valence-electron chi connectivity index (χ4n) is 5.34. The van der Waals surface area contributed by atoms with Gasteiger partial charge in [-0.2, -0.15) is 0 Å². The molecule has 7 heteroatoms. The standard InChI is InChI=1S/C25H33ClN6/c1-3-14-30(21-9-4-7-19-8-6-12-28-24(19)21)17-20-25(26)32-22(29-20)10-5-11-23(32)31-15-13-27-18(2)16-31/h5-6,8,10-12,18,21,27H,3-4,7,9,13-17H2,1-2H3/t18-,21-/m0/s1. The van der Waals surface area contributed by atoms with Gasteiger partial charge in [0.05, 0.1) is 17.4 Å². The summed E-state index contributed by atoms with van der Waals surface area (Å²) >= 11 is 7.02. The first-order valence-corrected chi connectivity index (χ1v) is 12.4. The van der Waals surface area contributed by atoms with Crippen molar-refractivity contribution in [3.8, 4) is 0 Å². The minimum Gasteiger partial charge on any atom is -0.355 e. The van der Waals surface area contributed by atoms with E-state index in [-0.39, 0.29) is 0 Å². The lowest BCUT2D eigenvalue weighted by atomic mass is 9.90. The van der Waals surface area contributed by atoms with Gasteiger partial charge in [-0.05, 0) is 62.9 Å². The number of nitrogens with zero attached hydrogens (tertiary/aromatic N) is 5. The van der Waals surface area contributed by atoms with Crippen molar-refractivity contribution < 1.29 is 0 Å². The molecule has 5 rings (SSSR count). The predicted molar refractivity (Wildman–Crippen MR) is 130 cm³/mol. The molecule has 4 heterocycles. The topological polar surface area (TPSA) is 48.7 Å². The molecule has 1 saturated heterocycles. The van der Waals surface area contributed by atoms with Crippen LogP contribution in [0.4, 0.5) is 5.82 Å². The summed E-state index contributed by atoms with van der Waals surface area (Å²) in [5, 5.41) is 4.26. The van der Waals surface area contributed by atoms with Gasteiger partial charge < -0.3 is 10.2 Å². The third kappa shape index (κ3) is 4.12. The largest absolute Gasteiger partial charge is 0.355 e. The molecule has 0 radical (unpaired) electrons. The number of halogens is 1. The number of nitrogens with one attached hydrogen (secondary N) is 1. The number of aryl methyl sites for hydroxylation is 1. The van der Waals surface area contributed by atoms with Crippen LogP contribution in [0.1, 0.15) is 56.1 Å². The van der Waals surface area contributed by atoms with E-state index >= 15 is 0 Å². The maximum Gasteiger partial charge on any atom is 0.139 e. The van der Waals surface area contributed by atoms with Crippen molar-refractivity contribution in [3.63, 3.8) is 0 Å². The Morgan fingerprint density at radius 2 is 2.16 bits per heavy atom. The number of aromatic nitrogens is 3. The molecule has 3 aromatic rings. The van der Waals surface area contributed by atoms with Gasteiger partial charge >= 0.3 is 0 Å². The zero-order chi connectivity index (χ0) is 22.1. The van der Waals surface area contributed by atoms with E-state index < -0.39 is 0 Å². The van der Waals surface area contributed by atoms with Crippen LogP contribution in [0, 0.1) is 0 Å². The summed E-state index contributed by atoms with van der Waals surface area (Å²) in [5.41, 5.74) is 4.51. The highest BCUT2D eigenvalue weighted by molar-refractivity contribution is 6.30. The smallest absolute Gasteiger partial charge is 0.139 e. The highest BCUT2D eigenvalue weighted by atomic mass is 35.5. The maximum atomic E-state index is 7.02. The minimum absolute atomic E-state index is 0.328. The fourth-order valence-corrected chi connectivity index (χ4v) is 5.62. The van der Waals surface area contributed by atoms with Crippen LogP contribution in [-0.4, -0.2) is 51.5 Å². The quantitative estimate of drug-likeness (QED) is 0.598. The Balaban J connectivity index is 1.48. The van der Waals surface area contributed by atoms with Crippen LogP contribution >= 0.6 is 11.6 Å². The normalized spacial score (nSPS) is 21.3. The number of anilines is 1. The lowest BCUT2D eigenvalue weighted by molar-refractivity contribution is 0.164. The summed E-state index contributed by atoms with van der Waals surface area (Å²) in [7, 11) is 0.